The second kappa shape index (κ2) is 4.27. The Morgan fingerprint density at radius 1 is 1.25 bits per heavy atom. The molecule has 0 amide bonds. The van der Waals surface area contributed by atoms with Gasteiger partial charge in [-0.2, -0.15) is 0 Å². The van der Waals surface area contributed by atoms with Crippen molar-refractivity contribution in [3.05, 3.63) is 48.2 Å². The van der Waals surface area contributed by atoms with Crippen molar-refractivity contribution in [3.63, 3.8) is 0 Å². The van der Waals surface area contributed by atoms with Crippen LogP contribution < -0.4 is 4.74 Å². The van der Waals surface area contributed by atoms with Crippen LogP contribution in [0.3, 0.4) is 0 Å². The molecular weight excluding hydrogens is 200 g/mol. The Morgan fingerprint density at radius 3 is 2.75 bits per heavy atom. The van der Waals surface area contributed by atoms with E-state index in [-0.39, 0.29) is 0 Å². The van der Waals surface area contributed by atoms with Crippen LogP contribution in [0.1, 0.15) is 12.5 Å². The van der Waals surface area contributed by atoms with E-state index >= 15 is 0 Å². The molecule has 0 aliphatic carbocycles. The van der Waals surface area contributed by atoms with Crippen LogP contribution in [0.25, 0.3) is 16.3 Å². The highest BCUT2D eigenvalue weighted by Gasteiger charge is 2.03. The average molecular weight is 214 g/mol. The predicted octanol–water partition coefficient (Wildman–Crippen LogP) is 3.77. The molecular formula is C14H14O2. The third-order valence-electron chi connectivity index (χ3n) is 2.71. The van der Waals surface area contributed by atoms with E-state index in [1.54, 1.807) is 7.11 Å². The second-order valence-corrected chi connectivity index (χ2v) is 3.70. The SMILES string of the molecule is COc1ccc2c(C(C)=CO)cccc2c1. The molecule has 0 radical (unpaired) electrons. The zero-order valence-electron chi connectivity index (χ0n) is 9.40. The molecule has 0 aromatic heterocycles. The summed E-state index contributed by atoms with van der Waals surface area (Å²) in [6.45, 7) is 1.89. The smallest absolute Gasteiger partial charge is 0.119 e. The number of aliphatic hydroxyl groups excluding tert-OH is 1. The summed E-state index contributed by atoms with van der Waals surface area (Å²) >= 11 is 0. The Kier molecular flexibility index (Phi) is 2.82. The molecule has 2 aromatic rings. The van der Waals surface area contributed by atoms with E-state index in [4.69, 9.17) is 9.84 Å². The van der Waals surface area contributed by atoms with Crippen molar-refractivity contribution >= 4 is 16.3 Å². The van der Waals surface area contributed by atoms with Gasteiger partial charge in [0.05, 0.1) is 13.4 Å². The van der Waals surface area contributed by atoms with Gasteiger partial charge in [-0.15, -0.1) is 0 Å². The molecule has 16 heavy (non-hydrogen) atoms. The molecule has 0 saturated carbocycles. The van der Waals surface area contributed by atoms with Crippen LogP contribution >= 0.6 is 0 Å². The molecule has 2 nitrogen and oxygen atoms in total. The average Bonchev–Trinajstić information content (AvgIpc) is 2.36. The summed E-state index contributed by atoms with van der Waals surface area (Å²) in [5.41, 5.74) is 1.90. The van der Waals surface area contributed by atoms with E-state index in [0.29, 0.717) is 0 Å². The third kappa shape index (κ3) is 1.74. The van der Waals surface area contributed by atoms with Gasteiger partial charge in [-0.3, -0.25) is 0 Å². The van der Waals surface area contributed by atoms with Gasteiger partial charge in [-0.1, -0.05) is 24.3 Å². The first-order valence-corrected chi connectivity index (χ1v) is 5.14. The highest BCUT2D eigenvalue weighted by Crippen LogP contribution is 2.27. The summed E-state index contributed by atoms with van der Waals surface area (Å²) in [4.78, 5) is 0. The van der Waals surface area contributed by atoms with Gasteiger partial charge in [-0.05, 0) is 41.0 Å². The number of methoxy groups -OCH3 is 1. The Labute approximate surface area is 94.8 Å². The lowest BCUT2D eigenvalue weighted by Gasteiger charge is -2.07. The molecule has 0 saturated heterocycles. The zero-order chi connectivity index (χ0) is 11.5. The molecule has 0 fully saturated rings. The predicted molar refractivity (Wildman–Crippen MR) is 66.8 cm³/mol. The first-order chi connectivity index (χ1) is 7.76. The van der Waals surface area contributed by atoms with Gasteiger partial charge in [0.25, 0.3) is 0 Å². The summed E-state index contributed by atoms with van der Waals surface area (Å²) in [5.74, 6) is 0.843. The van der Waals surface area contributed by atoms with Gasteiger partial charge < -0.3 is 9.84 Å². The summed E-state index contributed by atoms with van der Waals surface area (Å²) in [5, 5.41) is 11.3. The Balaban J connectivity index is 2.69. The number of rotatable bonds is 2. The van der Waals surface area contributed by atoms with Crippen LogP contribution in [0, 0.1) is 0 Å². The monoisotopic (exact) mass is 214 g/mol. The van der Waals surface area contributed by atoms with Gasteiger partial charge in [0.15, 0.2) is 0 Å². The lowest BCUT2D eigenvalue weighted by molar-refractivity contribution is 0.415. The van der Waals surface area contributed by atoms with Crippen LogP contribution in [0.4, 0.5) is 0 Å². The van der Waals surface area contributed by atoms with E-state index in [9.17, 15) is 0 Å². The number of hydrogen-bond donors (Lipinski definition) is 1. The summed E-state index contributed by atoms with van der Waals surface area (Å²) in [6.07, 6.45) is 1.14. The van der Waals surface area contributed by atoms with Gasteiger partial charge >= 0.3 is 0 Å². The quantitative estimate of drug-likeness (QED) is 0.771. The van der Waals surface area contributed by atoms with Crippen LogP contribution in [0.15, 0.2) is 42.7 Å². The van der Waals surface area contributed by atoms with E-state index in [0.717, 1.165) is 33.9 Å². The van der Waals surface area contributed by atoms with Gasteiger partial charge in [-0.25, -0.2) is 0 Å². The third-order valence-corrected chi connectivity index (χ3v) is 2.71. The molecule has 2 heteroatoms. The molecule has 82 valence electrons. The van der Waals surface area contributed by atoms with Crippen molar-refractivity contribution < 1.29 is 9.84 Å². The van der Waals surface area contributed by atoms with E-state index in [1.807, 2.05) is 43.3 Å². The Bertz CT molecular complexity index is 541. The maximum Gasteiger partial charge on any atom is 0.119 e. The lowest BCUT2D eigenvalue weighted by atomic mass is 10.00. The number of ether oxygens (including phenoxy) is 1. The molecule has 0 aliphatic heterocycles. The molecule has 0 atom stereocenters. The van der Waals surface area contributed by atoms with Gasteiger partial charge in [0, 0.05) is 0 Å². The topological polar surface area (TPSA) is 29.5 Å². The van der Waals surface area contributed by atoms with Gasteiger partial charge in [0.1, 0.15) is 5.75 Å². The summed E-state index contributed by atoms with van der Waals surface area (Å²) < 4.78 is 5.18. The first kappa shape index (κ1) is 10.6. The molecule has 0 bridgehead atoms. The highest BCUT2D eigenvalue weighted by molar-refractivity contribution is 5.94. The summed E-state index contributed by atoms with van der Waals surface area (Å²) in [6, 6.07) is 11.9. The van der Waals surface area contributed by atoms with Crippen LogP contribution in [-0.4, -0.2) is 12.2 Å². The van der Waals surface area contributed by atoms with E-state index < -0.39 is 0 Å². The fourth-order valence-corrected chi connectivity index (χ4v) is 1.80. The number of benzene rings is 2. The van der Waals surface area contributed by atoms with Crippen molar-refractivity contribution in [2.45, 2.75) is 6.92 Å². The zero-order valence-corrected chi connectivity index (χ0v) is 9.40. The van der Waals surface area contributed by atoms with Crippen molar-refractivity contribution in [2.75, 3.05) is 7.11 Å². The highest BCUT2D eigenvalue weighted by atomic mass is 16.5. The fraction of sp³-hybridized carbons (Fsp3) is 0.143. The minimum Gasteiger partial charge on any atom is -0.515 e. The summed E-state index contributed by atoms with van der Waals surface area (Å²) in [7, 11) is 1.66. The van der Waals surface area contributed by atoms with Crippen molar-refractivity contribution in [2.24, 2.45) is 0 Å². The Morgan fingerprint density at radius 2 is 2.06 bits per heavy atom. The van der Waals surface area contributed by atoms with E-state index in [2.05, 4.69) is 0 Å². The minimum atomic E-state index is 0.843. The van der Waals surface area contributed by atoms with Gasteiger partial charge in [0.2, 0.25) is 0 Å². The first-order valence-electron chi connectivity index (χ1n) is 5.14. The maximum atomic E-state index is 9.06. The minimum absolute atomic E-state index is 0.843. The van der Waals surface area contributed by atoms with E-state index in [1.165, 1.54) is 0 Å². The fourth-order valence-electron chi connectivity index (χ4n) is 1.80. The number of hydrogen-bond acceptors (Lipinski definition) is 2. The molecule has 2 rings (SSSR count). The molecule has 2 aromatic carbocycles. The van der Waals surface area contributed by atoms with Crippen molar-refractivity contribution in [1.82, 2.24) is 0 Å². The number of aliphatic hydroxyl groups is 1. The number of allylic oxidation sites excluding steroid dienone is 1. The molecule has 0 unspecified atom stereocenters. The normalized spacial score (nSPS) is 11.8. The maximum absolute atomic E-state index is 9.06. The molecule has 0 heterocycles. The molecule has 0 aliphatic rings. The Hall–Kier alpha value is -1.96. The molecule has 0 spiro atoms. The van der Waals surface area contributed by atoms with Crippen LogP contribution in [-0.2, 0) is 0 Å². The van der Waals surface area contributed by atoms with Crippen LogP contribution in [0.2, 0.25) is 0 Å². The van der Waals surface area contributed by atoms with Crippen LogP contribution in [0.5, 0.6) is 5.75 Å². The second-order valence-electron chi connectivity index (χ2n) is 3.70. The van der Waals surface area contributed by atoms with Crippen molar-refractivity contribution in [3.8, 4) is 5.75 Å². The number of fused-ring (bicyclic) bond motifs is 1. The standard InChI is InChI=1S/C14H14O2/c1-10(9-15)13-5-3-4-11-8-12(16-2)6-7-14(11)13/h3-9,15H,1-2H3. The largest absolute Gasteiger partial charge is 0.515 e. The molecule has 1 N–H and O–H groups in total. The van der Waals surface area contributed by atoms with Crippen molar-refractivity contribution in [1.29, 1.82) is 0 Å². The lowest BCUT2D eigenvalue weighted by Crippen LogP contribution is -1.86.